The van der Waals surface area contributed by atoms with Gasteiger partial charge in [-0.2, -0.15) is 0 Å². The first kappa shape index (κ1) is 23.1. The van der Waals surface area contributed by atoms with Crippen molar-refractivity contribution in [1.82, 2.24) is 9.97 Å². The van der Waals surface area contributed by atoms with E-state index in [2.05, 4.69) is 122 Å². The van der Waals surface area contributed by atoms with Crippen LogP contribution in [0.15, 0.2) is 127 Å². The Bertz CT molecular complexity index is 2230. The maximum Gasteiger partial charge on any atom is 0.160 e. The van der Waals surface area contributed by atoms with Crippen LogP contribution in [-0.4, -0.2) is 9.97 Å². The maximum absolute atomic E-state index is 5.14. The molecule has 0 unspecified atom stereocenters. The number of hydrogen-bond acceptors (Lipinski definition) is 3. The molecule has 6 aromatic carbocycles. The number of nitrogens with zero attached hydrogens (tertiary/aromatic N) is 2. The molecule has 0 spiro atoms. The number of para-hydroxylation sites is 1. The molecule has 2 heterocycles. The first-order valence-corrected chi connectivity index (χ1v) is 14.3. The molecule has 8 aromatic rings. The van der Waals surface area contributed by atoms with Crippen molar-refractivity contribution < 1.29 is 0 Å². The molecule has 0 aliphatic heterocycles. The molecule has 0 saturated carbocycles. The summed E-state index contributed by atoms with van der Waals surface area (Å²) < 4.78 is 2.66. The third-order valence-corrected chi connectivity index (χ3v) is 9.03. The van der Waals surface area contributed by atoms with Crippen molar-refractivity contribution in [1.29, 1.82) is 0 Å². The first-order valence-electron chi connectivity index (χ1n) is 13.5. The van der Waals surface area contributed by atoms with E-state index in [1.165, 1.54) is 42.1 Å². The molecule has 0 amide bonds. The Labute approximate surface area is 236 Å². The minimum atomic E-state index is 0.756. The van der Waals surface area contributed by atoms with E-state index >= 15 is 0 Å². The van der Waals surface area contributed by atoms with E-state index in [-0.39, 0.29) is 0 Å². The predicted octanol–water partition coefficient (Wildman–Crippen LogP) is 10.5. The van der Waals surface area contributed by atoms with Gasteiger partial charge >= 0.3 is 0 Å². The normalized spacial score (nSPS) is 11.6. The van der Waals surface area contributed by atoms with Crippen LogP contribution in [0.1, 0.15) is 5.56 Å². The lowest BCUT2D eigenvalue weighted by Gasteiger charge is -2.12. The third-order valence-electron chi connectivity index (χ3n) is 7.83. The summed E-state index contributed by atoms with van der Waals surface area (Å²) in [5.41, 5.74) is 7.60. The number of rotatable bonds is 3. The zero-order chi connectivity index (χ0) is 26.6. The summed E-state index contributed by atoms with van der Waals surface area (Å²) in [6.07, 6.45) is 0. The molecule has 0 N–H and O–H groups in total. The highest BCUT2D eigenvalue weighted by molar-refractivity contribution is 7.26. The summed E-state index contributed by atoms with van der Waals surface area (Å²) >= 11 is 1.88. The maximum atomic E-state index is 5.14. The van der Waals surface area contributed by atoms with Crippen LogP contribution in [0, 0.1) is 6.92 Å². The number of fused-ring (bicyclic) bond motifs is 6. The second kappa shape index (κ2) is 9.11. The molecule has 0 fully saturated rings. The second-order valence-corrected chi connectivity index (χ2v) is 11.3. The van der Waals surface area contributed by atoms with Crippen molar-refractivity contribution in [2.75, 3.05) is 0 Å². The molecular formula is C37H24N2S. The van der Waals surface area contributed by atoms with E-state index in [1.807, 2.05) is 23.5 Å². The van der Waals surface area contributed by atoms with Crippen LogP contribution in [0.25, 0.3) is 75.6 Å². The molecule has 0 aliphatic rings. The van der Waals surface area contributed by atoms with Gasteiger partial charge in [0.2, 0.25) is 0 Å². The quantitative estimate of drug-likeness (QED) is 0.228. The Hall–Kier alpha value is -4.86. The van der Waals surface area contributed by atoms with Gasteiger partial charge < -0.3 is 0 Å². The van der Waals surface area contributed by atoms with Crippen LogP contribution >= 0.6 is 11.3 Å². The lowest BCUT2D eigenvalue weighted by molar-refractivity contribution is 1.22. The zero-order valence-corrected chi connectivity index (χ0v) is 22.7. The number of thiophene rings is 1. The van der Waals surface area contributed by atoms with Crippen molar-refractivity contribution in [2.45, 2.75) is 6.92 Å². The lowest BCUT2D eigenvalue weighted by atomic mass is 9.97. The molecule has 0 radical (unpaired) electrons. The van der Waals surface area contributed by atoms with Crippen LogP contribution in [0.2, 0.25) is 0 Å². The fraction of sp³-hybridized carbons (Fsp3) is 0.0270. The molecule has 2 aromatic heterocycles. The van der Waals surface area contributed by atoms with Gasteiger partial charge in [-0.25, -0.2) is 9.97 Å². The fourth-order valence-corrected chi connectivity index (χ4v) is 7.02. The number of aryl methyl sites for hydroxylation is 1. The van der Waals surface area contributed by atoms with Gasteiger partial charge in [0.05, 0.1) is 11.2 Å². The SMILES string of the molecule is Cc1ccc(-c2ccc3c(c2)sc2c4ccccc4ccc32)cc1-c1nc(-c2ccccc2)c2ccccc2n1. The molecule has 0 aliphatic carbocycles. The van der Waals surface area contributed by atoms with E-state index < -0.39 is 0 Å². The summed E-state index contributed by atoms with van der Waals surface area (Å²) in [5, 5.41) is 6.31. The van der Waals surface area contributed by atoms with Gasteiger partial charge in [-0.15, -0.1) is 11.3 Å². The molecule has 0 bridgehead atoms. The Morgan fingerprint density at radius 3 is 2.15 bits per heavy atom. The summed E-state index contributed by atoms with van der Waals surface area (Å²) in [5.74, 6) is 0.756. The first-order chi connectivity index (χ1) is 19.7. The predicted molar refractivity (Wildman–Crippen MR) is 171 cm³/mol. The molecule has 2 nitrogen and oxygen atoms in total. The average Bonchev–Trinajstić information content (AvgIpc) is 3.40. The monoisotopic (exact) mass is 528 g/mol. The van der Waals surface area contributed by atoms with Gasteiger partial charge in [0.25, 0.3) is 0 Å². The van der Waals surface area contributed by atoms with Crippen molar-refractivity contribution in [3.63, 3.8) is 0 Å². The highest BCUT2D eigenvalue weighted by Crippen LogP contribution is 2.40. The van der Waals surface area contributed by atoms with Crippen molar-refractivity contribution >= 4 is 53.2 Å². The van der Waals surface area contributed by atoms with Crippen LogP contribution in [0.3, 0.4) is 0 Å². The van der Waals surface area contributed by atoms with E-state index in [1.54, 1.807) is 0 Å². The summed E-state index contributed by atoms with van der Waals surface area (Å²) in [6, 6.07) is 45.3. The minimum Gasteiger partial charge on any atom is -0.228 e. The molecule has 8 rings (SSSR count). The molecule has 0 saturated heterocycles. The largest absolute Gasteiger partial charge is 0.228 e. The van der Waals surface area contributed by atoms with Crippen molar-refractivity contribution in [3.05, 3.63) is 133 Å². The minimum absolute atomic E-state index is 0.756. The Morgan fingerprint density at radius 1 is 0.525 bits per heavy atom. The topological polar surface area (TPSA) is 25.8 Å². The summed E-state index contributed by atoms with van der Waals surface area (Å²) in [4.78, 5) is 10.2. The fourth-order valence-electron chi connectivity index (χ4n) is 5.74. The number of benzene rings is 6. The Kier molecular flexibility index (Phi) is 5.26. The van der Waals surface area contributed by atoms with E-state index in [0.717, 1.165) is 39.1 Å². The Balaban J connectivity index is 1.29. The molecule has 188 valence electrons. The summed E-state index contributed by atoms with van der Waals surface area (Å²) in [7, 11) is 0. The lowest BCUT2D eigenvalue weighted by Crippen LogP contribution is -1.97. The average molecular weight is 529 g/mol. The van der Waals surface area contributed by atoms with Crippen molar-refractivity contribution in [2.24, 2.45) is 0 Å². The smallest absolute Gasteiger partial charge is 0.160 e. The Morgan fingerprint density at radius 2 is 1.25 bits per heavy atom. The van der Waals surface area contributed by atoms with Gasteiger partial charge in [0.1, 0.15) is 0 Å². The molecule has 0 atom stereocenters. The molecular weight excluding hydrogens is 504 g/mol. The second-order valence-electron chi connectivity index (χ2n) is 10.3. The third kappa shape index (κ3) is 3.70. The van der Waals surface area contributed by atoms with Crippen molar-refractivity contribution in [3.8, 4) is 33.8 Å². The van der Waals surface area contributed by atoms with Crippen LogP contribution in [-0.2, 0) is 0 Å². The van der Waals surface area contributed by atoms with Gasteiger partial charge in [-0.1, -0.05) is 109 Å². The van der Waals surface area contributed by atoms with Gasteiger partial charge in [-0.05, 0) is 52.6 Å². The standard InChI is InChI=1S/C37H24N2S/c1-23-15-16-26(27-18-19-29-30-20-17-24-9-5-6-12-28(24)36(30)40-34(29)22-27)21-32(23)37-38-33-14-8-7-13-31(33)35(39-37)25-10-3-2-4-11-25/h2-22H,1H3. The van der Waals surface area contributed by atoms with E-state index in [9.17, 15) is 0 Å². The van der Waals surface area contributed by atoms with E-state index in [0.29, 0.717) is 0 Å². The van der Waals surface area contributed by atoms with Gasteiger partial charge in [0.15, 0.2) is 5.82 Å². The van der Waals surface area contributed by atoms with Gasteiger partial charge in [-0.3, -0.25) is 0 Å². The summed E-state index contributed by atoms with van der Waals surface area (Å²) in [6.45, 7) is 2.14. The van der Waals surface area contributed by atoms with Crippen LogP contribution in [0.4, 0.5) is 0 Å². The highest BCUT2D eigenvalue weighted by Gasteiger charge is 2.15. The molecule has 40 heavy (non-hydrogen) atoms. The van der Waals surface area contributed by atoms with E-state index in [4.69, 9.17) is 9.97 Å². The van der Waals surface area contributed by atoms with Crippen LogP contribution < -0.4 is 0 Å². The van der Waals surface area contributed by atoms with Crippen LogP contribution in [0.5, 0.6) is 0 Å². The zero-order valence-electron chi connectivity index (χ0n) is 21.9. The number of hydrogen-bond donors (Lipinski definition) is 0. The highest BCUT2D eigenvalue weighted by atomic mass is 32.1. The van der Waals surface area contributed by atoms with Gasteiger partial charge in [0, 0.05) is 36.7 Å². The molecule has 3 heteroatoms. The number of aromatic nitrogens is 2.